The van der Waals surface area contributed by atoms with E-state index in [0.29, 0.717) is 12.3 Å². The maximum absolute atomic E-state index is 11.0. The molecule has 0 atom stereocenters. The second-order valence-electron chi connectivity index (χ2n) is 7.70. The van der Waals surface area contributed by atoms with Crippen molar-refractivity contribution >= 4 is 16.8 Å². The van der Waals surface area contributed by atoms with E-state index in [-0.39, 0.29) is 5.24 Å². The fraction of sp³-hybridized carbons (Fsp3) is 0.947. The zero-order valence-electron chi connectivity index (χ0n) is 13.8. The van der Waals surface area contributed by atoms with Gasteiger partial charge < -0.3 is 0 Å². The summed E-state index contributed by atoms with van der Waals surface area (Å²) in [5.74, 6) is 3.56. The largest absolute Gasteiger partial charge is 0.281 e. The Morgan fingerprint density at radius 3 is 1.52 bits per heavy atom. The minimum atomic E-state index is -0.137. The molecule has 0 saturated heterocycles. The summed E-state index contributed by atoms with van der Waals surface area (Å²) in [7, 11) is 0. The van der Waals surface area contributed by atoms with Crippen molar-refractivity contribution < 1.29 is 4.79 Å². The average Bonchev–Trinajstić information content (AvgIpc) is 2.48. The summed E-state index contributed by atoms with van der Waals surface area (Å²) in [4.78, 5) is 11.0. The van der Waals surface area contributed by atoms with Gasteiger partial charge in [0.1, 0.15) is 0 Å². The molecule has 0 aromatic rings. The van der Waals surface area contributed by atoms with Gasteiger partial charge in [-0.2, -0.15) is 0 Å². The Hall–Kier alpha value is -0.0400. The lowest BCUT2D eigenvalue weighted by Gasteiger charge is -2.31. The molecule has 0 spiro atoms. The van der Waals surface area contributed by atoms with E-state index in [1.54, 1.807) is 0 Å². The van der Waals surface area contributed by atoms with Gasteiger partial charge in [0, 0.05) is 6.42 Å². The average molecular weight is 313 g/mol. The first-order valence-corrected chi connectivity index (χ1v) is 9.73. The molecule has 122 valence electrons. The SMILES string of the molecule is CCCC1CCC(CCC2CCC(CC(=O)Cl)CC2)CC1. The number of hydrogen-bond acceptors (Lipinski definition) is 1. The predicted molar refractivity (Wildman–Crippen MR) is 90.5 cm³/mol. The highest BCUT2D eigenvalue weighted by Crippen LogP contribution is 2.38. The Balaban J connectivity index is 1.57. The highest BCUT2D eigenvalue weighted by molar-refractivity contribution is 6.63. The molecule has 0 amide bonds. The first-order chi connectivity index (χ1) is 10.2. The van der Waals surface area contributed by atoms with Gasteiger partial charge in [0.25, 0.3) is 0 Å². The third-order valence-corrected chi connectivity index (χ3v) is 6.22. The van der Waals surface area contributed by atoms with E-state index in [1.165, 1.54) is 77.0 Å². The van der Waals surface area contributed by atoms with Crippen LogP contribution in [0.2, 0.25) is 0 Å². The monoisotopic (exact) mass is 312 g/mol. The molecule has 2 heteroatoms. The highest BCUT2D eigenvalue weighted by atomic mass is 35.5. The Labute approximate surface area is 136 Å². The molecular weight excluding hydrogens is 280 g/mol. The Kier molecular flexibility index (Phi) is 7.57. The molecule has 0 N–H and O–H groups in total. The molecule has 1 nitrogen and oxygen atoms in total. The van der Waals surface area contributed by atoms with Gasteiger partial charge >= 0.3 is 0 Å². The molecule has 0 radical (unpaired) electrons. The molecule has 0 aromatic carbocycles. The maximum atomic E-state index is 11.0. The summed E-state index contributed by atoms with van der Waals surface area (Å²) in [5.41, 5.74) is 0. The molecule has 2 saturated carbocycles. The molecular formula is C19H33ClO. The minimum Gasteiger partial charge on any atom is -0.281 e. The predicted octanol–water partition coefficient (Wildman–Crippen LogP) is 6.34. The maximum Gasteiger partial charge on any atom is 0.221 e. The number of rotatable bonds is 7. The van der Waals surface area contributed by atoms with Crippen molar-refractivity contribution in [2.24, 2.45) is 23.7 Å². The van der Waals surface area contributed by atoms with Crippen LogP contribution in [0.5, 0.6) is 0 Å². The number of halogens is 1. The Morgan fingerprint density at radius 1 is 0.762 bits per heavy atom. The van der Waals surface area contributed by atoms with Crippen LogP contribution in [0.3, 0.4) is 0 Å². The van der Waals surface area contributed by atoms with Crippen LogP contribution in [0.15, 0.2) is 0 Å². The summed E-state index contributed by atoms with van der Waals surface area (Å²) in [6.45, 7) is 2.32. The number of carbonyl (C=O) groups excluding carboxylic acids is 1. The molecule has 0 bridgehead atoms. The van der Waals surface area contributed by atoms with E-state index in [2.05, 4.69) is 6.92 Å². The molecule has 21 heavy (non-hydrogen) atoms. The first-order valence-electron chi connectivity index (χ1n) is 9.35. The number of hydrogen-bond donors (Lipinski definition) is 0. The summed E-state index contributed by atoms with van der Waals surface area (Å²) < 4.78 is 0. The van der Waals surface area contributed by atoms with Crippen LogP contribution in [0, 0.1) is 23.7 Å². The zero-order chi connectivity index (χ0) is 15.1. The Bertz CT molecular complexity index is 299. The lowest BCUT2D eigenvalue weighted by Crippen LogP contribution is -2.18. The van der Waals surface area contributed by atoms with Crippen molar-refractivity contribution in [3.63, 3.8) is 0 Å². The van der Waals surface area contributed by atoms with Gasteiger partial charge in [-0.25, -0.2) is 0 Å². The van der Waals surface area contributed by atoms with Gasteiger partial charge in [-0.3, -0.25) is 4.79 Å². The molecule has 2 fully saturated rings. The van der Waals surface area contributed by atoms with Gasteiger partial charge in [0.15, 0.2) is 0 Å². The standard InChI is InChI=1S/C19H33ClO/c1-2-3-15-4-6-16(7-5-15)8-9-17-10-12-18(13-11-17)14-19(20)21/h15-18H,2-14H2,1H3. The van der Waals surface area contributed by atoms with E-state index in [0.717, 1.165) is 17.8 Å². The summed E-state index contributed by atoms with van der Waals surface area (Å²) in [6.07, 6.45) is 17.4. The minimum absolute atomic E-state index is 0.137. The zero-order valence-corrected chi connectivity index (χ0v) is 14.5. The van der Waals surface area contributed by atoms with Crippen LogP contribution in [0.1, 0.15) is 90.4 Å². The van der Waals surface area contributed by atoms with Gasteiger partial charge in [-0.15, -0.1) is 0 Å². The molecule has 0 unspecified atom stereocenters. The summed E-state index contributed by atoms with van der Waals surface area (Å²) >= 11 is 5.51. The van der Waals surface area contributed by atoms with Crippen molar-refractivity contribution in [2.45, 2.75) is 90.4 Å². The smallest absolute Gasteiger partial charge is 0.221 e. The molecule has 2 aliphatic carbocycles. The fourth-order valence-corrected chi connectivity index (χ4v) is 4.86. The van der Waals surface area contributed by atoms with E-state index in [1.807, 2.05) is 0 Å². The van der Waals surface area contributed by atoms with Crippen molar-refractivity contribution in [3.05, 3.63) is 0 Å². The van der Waals surface area contributed by atoms with Crippen molar-refractivity contribution in [1.29, 1.82) is 0 Å². The summed E-state index contributed by atoms with van der Waals surface area (Å²) in [6, 6.07) is 0. The quantitative estimate of drug-likeness (QED) is 0.502. The van der Waals surface area contributed by atoms with Gasteiger partial charge in [0.05, 0.1) is 0 Å². The van der Waals surface area contributed by atoms with Crippen LogP contribution in [0.4, 0.5) is 0 Å². The van der Waals surface area contributed by atoms with E-state index < -0.39 is 0 Å². The second-order valence-corrected chi connectivity index (χ2v) is 8.12. The second kappa shape index (κ2) is 9.18. The van der Waals surface area contributed by atoms with Crippen LogP contribution < -0.4 is 0 Å². The molecule has 2 rings (SSSR count). The van der Waals surface area contributed by atoms with E-state index >= 15 is 0 Å². The fourth-order valence-electron chi connectivity index (χ4n) is 4.64. The number of carbonyl (C=O) groups is 1. The van der Waals surface area contributed by atoms with Crippen LogP contribution >= 0.6 is 11.6 Å². The van der Waals surface area contributed by atoms with Gasteiger partial charge in [-0.05, 0) is 48.1 Å². The van der Waals surface area contributed by atoms with E-state index in [4.69, 9.17) is 11.6 Å². The van der Waals surface area contributed by atoms with Crippen molar-refractivity contribution in [1.82, 2.24) is 0 Å². The third-order valence-electron chi connectivity index (χ3n) is 6.06. The topological polar surface area (TPSA) is 17.1 Å². The van der Waals surface area contributed by atoms with Crippen molar-refractivity contribution in [3.8, 4) is 0 Å². The van der Waals surface area contributed by atoms with Gasteiger partial charge in [-0.1, -0.05) is 71.1 Å². The molecule has 0 aliphatic heterocycles. The van der Waals surface area contributed by atoms with Crippen LogP contribution in [-0.4, -0.2) is 5.24 Å². The molecule has 0 heterocycles. The lowest BCUT2D eigenvalue weighted by atomic mass is 9.74. The highest BCUT2D eigenvalue weighted by Gasteiger charge is 2.25. The Morgan fingerprint density at radius 2 is 1.14 bits per heavy atom. The first kappa shape index (κ1) is 17.3. The normalized spacial score (nSPS) is 33.8. The molecule has 2 aliphatic rings. The van der Waals surface area contributed by atoms with Crippen molar-refractivity contribution in [2.75, 3.05) is 0 Å². The third kappa shape index (κ3) is 6.30. The van der Waals surface area contributed by atoms with Crippen LogP contribution in [0.25, 0.3) is 0 Å². The summed E-state index contributed by atoms with van der Waals surface area (Å²) in [5, 5.41) is -0.137. The van der Waals surface area contributed by atoms with E-state index in [9.17, 15) is 4.79 Å². The lowest BCUT2D eigenvalue weighted by molar-refractivity contribution is -0.112. The van der Waals surface area contributed by atoms with Crippen LogP contribution in [-0.2, 0) is 4.79 Å². The van der Waals surface area contributed by atoms with Gasteiger partial charge in [0.2, 0.25) is 5.24 Å². The molecule has 0 aromatic heterocycles.